The molecule has 1 amide bonds. The highest BCUT2D eigenvalue weighted by Gasteiger charge is 2.20. The largest absolute Gasteiger partial charge is 0.465 e. The standard InChI is InChI=1S/C19H18N2O7/c1-20(11-13-6-4-3-5-7-13)17(22)12-28-19(24)15-8-14(18(23)27-2)9-16(10-15)21(25)26/h3-10H,11-12H2,1-2H3. The number of benzene rings is 2. The van der Waals surface area contributed by atoms with E-state index in [-0.39, 0.29) is 11.1 Å². The summed E-state index contributed by atoms with van der Waals surface area (Å²) in [6, 6.07) is 12.3. The molecule has 0 atom stereocenters. The molecular weight excluding hydrogens is 368 g/mol. The summed E-state index contributed by atoms with van der Waals surface area (Å²) in [6.45, 7) is -0.209. The Morgan fingerprint density at radius 2 is 1.64 bits per heavy atom. The lowest BCUT2D eigenvalue weighted by molar-refractivity contribution is -0.384. The van der Waals surface area contributed by atoms with E-state index in [1.807, 2.05) is 30.3 Å². The third-order valence-corrected chi connectivity index (χ3v) is 3.80. The Balaban J connectivity index is 2.05. The van der Waals surface area contributed by atoms with Crippen LogP contribution in [-0.4, -0.2) is 48.4 Å². The molecular formula is C19H18N2O7. The van der Waals surface area contributed by atoms with E-state index in [2.05, 4.69) is 4.74 Å². The van der Waals surface area contributed by atoms with E-state index in [0.29, 0.717) is 6.54 Å². The van der Waals surface area contributed by atoms with Crippen LogP contribution in [0.3, 0.4) is 0 Å². The van der Waals surface area contributed by atoms with Gasteiger partial charge in [0, 0.05) is 25.7 Å². The third-order valence-electron chi connectivity index (χ3n) is 3.80. The normalized spacial score (nSPS) is 10.1. The molecule has 2 aromatic carbocycles. The molecule has 2 aromatic rings. The number of hydrogen-bond donors (Lipinski definition) is 0. The molecule has 0 radical (unpaired) electrons. The minimum Gasteiger partial charge on any atom is -0.465 e. The monoisotopic (exact) mass is 386 g/mol. The highest BCUT2D eigenvalue weighted by Crippen LogP contribution is 2.19. The van der Waals surface area contributed by atoms with E-state index >= 15 is 0 Å². The molecule has 9 nitrogen and oxygen atoms in total. The van der Waals surface area contributed by atoms with Crippen molar-refractivity contribution in [3.63, 3.8) is 0 Å². The summed E-state index contributed by atoms with van der Waals surface area (Å²) in [6.07, 6.45) is 0. The van der Waals surface area contributed by atoms with Crippen LogP contribution < -0.4 is 0 Å². The van der Waals surface area contributed by atoms with Crippen molar-refractivity contribution >= 4 is 23.5 Å². The van der Waals surface area contributed by atoms with Crippen molar-refractivity contribution in [1.29, 1.82) is 0 Å². The summed E-state index contributed by atoms with van der Waals surface area (Å²) < 4.78 is 9.46. The topological polar surface area (TPSA) is 116 Å². The van der Waals surface area contributed by atoms with Gasteiger partial charge in [0.25, 0.3) is 11.6 Å². The molecule has 0 saturated carbocycles. The predicted octanol–water partition coefficient (Wildman–Crippen LogP) is 2.20. The molecule has 2 rings (SSSR count). The molecule has 0 saturated heterocycles. The van der Waals surface area contributed by atoms with Crippen LogP contribution in [0.2, 0.25) is 0 Å². The van der Waals surface area contributed by atoms with Crippen LogP contribution >= 0.6 is 0 Å². The maximum Gasteiger partial charge on any atom is 0.338 e. The molecule has 0 N–H and O–H groups in total. The maximum absolute atomic E-state index is 12.2. The number of ether oxygens (including phenoxy) is 2. The summed E-state index contributed by atoms with van der Waals surface area (Å²) in [5.41, 5.74) is 0.0396. The maximum atomic E-state index is 12.2. The summed E-state index contributed by atoms with van der Waals surface area (Å²) in [4.78, 5) is 47.6. The van der Waals surface area contributed by atoms with Crippen LogP contribution in [0.5, 0.6) is 0 Å². The van der Waals surface area contributed by atoms with Crippen molar-refractivity contribution in [1.82, 2.24) is 4.90 Å². The second-order valence-corrected chi connectivity index (χ2v) is 5.83. The van der Waals surface area contributed by atoms with Crippen molar-refractivity contribution < 1.29 is 28.8 Å². The predicted molar refractivity (Wildman–Crippen MR) is 97.6 cm³/mol. The molecule has 0 spiro atoms. The quantitative estimate of drug-likeness (QED) is 0.407. The Labute approximate surface area is 160 Å². The van der Waals surface area contributed by atoms with Gasteiger partial charge >= 0.3 is 11.9 Å². The van der Waals surface area contributed by atoms with E-state index in [1.54, 1.807) is 7.05 Å². The fourth-order valence-electron chi connectivity index (χ4n) is 2.34. The number of non-ortho nitro benzene ring substituents is 1. The van der Waals surface area contributed by atoms with Crippen molar-refractivity contribution in [3.05, 3.63) is 75.3 Å². The van der Waals surface area contributed by atoms with Gasteiger partial charge in [0.1, 0.15) is 0 Å². The highest BCUT2D eigenvalue weighted by atomic mass is 16.6. The van der Waals surface area contributed by atoms with Gasteiger partial charge in [-0.1, -0.05) is 30.3 Å². The van der Waals surface area contributed by atoms with Crippen molar-refractivity contribution in [2.24, 2.45) is 0 Å². The summed E-state index contributed by atoms with van der Waals surface area (Å²) in [7, 11) is 2.67. The highest BCUT2D eigenvalue weighted by molar-refractivity contribution is 5.97. The number of rotatable bonds is 7. The zero-order chi connectivity index (χ0) is 20.7. The zero-order valence-electron chi connectivity index (χ0n) is 15.3. The lowest BCUT2D eigenvalue weighted by Crippen LogP contribution is -2.30. The number of hydrogen-bond acceptors (Lipinski definition) is 7. The Kier molecular flexibility index (Phi) is 6.80. The van der Waals surface area contributed by atoms with Gasteiger partial charge in [-0.15, -0.1) is 0 Å². The molecule has 0 aliphatic heterocycles. The fraction of sp³-hybridized carbons (Fsp3) is 0.211. The van der Waals surface area contributed by atoms with Gasteiger partial charge in [-0.2, -0.15) is 0 Å². The van der Waals surface area contributed by atoms with E-state index in [9.17, 15) is 24.5 Å². The van der Waals surface area contributed by atoms with Crippen LogP contribution in [0.25, 0.3) is 0 Å². The van der Waals surface area contributed by atoms with Gasteiger partial charge in [-0.05, 0) is 11.6 Å². The smallest absolute Gasteiger partial charge is 0.338 e. The Bertz CT molecular complexity index is 896. The molecule has 0 fully saturated rings. The number of methoxy groups -OCH3 is 1. The van der Waals surface area contributed by atoms with Crippen molar-refractivity contribution in [3.8, 4) is 0 Å². The molecule has 0 aliphatic rings. The molecule has 0 unspecified atom stereocenters. The van der Waals surface area contributed by atoms with E-state index in [1.165, 1.54) is 4.90 Å². The molecule has 146 valence electrons. The van der Waals surface area contributed by atoms with Crippen LogP contribution in [0.4, 0.5) is 5.69 Å². The minimum absolute atomic E-state index is 0.170. The molecule has 28 heavy (non-hydrogen) atoms. The van der Waals surface area contributed by atoms with Crippen LogP contribution in [0.15, 0.2) is 48.5 Å². The van der Waals surface area contributed by atoms with Crippen molar-refractivity contribution in [2.75, 3.05) is 20.8 Å². The SMILES string of the molecule is COC(=O)c1cc(C(=O)OCC(=O)N(C)Cc2ccccc2)cc([N+](=O)[O-])c1. The lowest BCUT2D eigenvalue weighted by Gasteiger charge is -2.17. The Hall–Kier alpha value is -3.75. The minimum atomic E-state index is -0.963. The van der Waals surface area contributed by atoms with Gasteiger partial charge < -0.3 is 14.4 Å². The number of amides is 1. The summed E-state index contributed by atoms with van der Waals surface area (Å²) >= 11 is 0. The molecule has 0 aromatic heterocycles. The molecule has 9 heteroatoms. The number of nitro benzene ring substituents is 1. The number of esters is 2. The van der Waals surface area contributed by atoms with Crippen LogP contribution in [-0.2, 0) is 20.8 Å². The Morgan fingerprint density at radius 3 is 2.21 bits per heavy atom. The van der Waals surface area contributed by atoms with Crippen molar-refractivity contribution in [2.45, 2.75) is 6.54 Å². The zero-order valence-corrected chi connectivity index (χ0v) is 15.3. The average molecular weight is 386 g/mol. The van der Waals surface area contributed by atoms with Gasteiger partial charge in [-0.25, -0.2) is 9.59 Å². The molecule has 0 heterocycles. The second-order valence-electron chi connectivity index (χ2n) is 5.83. The van der Waals surface area contributed by atoms with E-state index in [4.69, 9.17) is 4.74 Å². The average Bonchev–Trinajstić information content (AvgIpc) is 2.71. The first kappa shape index (κ1) is 20.6. The van der Waals surface area contributed by atoms with Crippen LogP contribution in [0.1, 0.15) is 26.3 Å². The van der Waals surface area contributed by atoms with E-state index < -0.39 is 35.1 Å². The van der Waals surface area contributed by atoms with Gasteiger partial charge in [0.05, 0.1) is 23.2 Å². The first-order chi connectivity index (χ1) is 13.3. The number of nitro groups is 1. The second kappa shape index (κ2) is 9.26. The number of carbonyl (C=O) groups is 3. The first-order valence-electron chi connectivity index (χ1n) is 8.14. The molecule has 0 bridgehead atoms. The number of likely N-dealkylation sites (N-methyl/N-ethyl adjacent to an activating group) is 1. The third kappa shape index (κ3) is 5.37. The van der Waals surface area contributed by atoms with Crippen LogP contribution in [0, 0.1) is 10.1 Å². The van der Waals surface area contributed by atoms with Gasteiger partial charge in [0.15, 0.2) is 6.61 Å². The van der Waals surface area contributed by atoms with Gasteiger partial charge in [0.2, 0.25) is 0 Å². The first-order valence-corrected chi connectivity index (χ1v) is 8.14. The van der Waals surface area contributed by atoms with Gasteiger partial charge in [-0.3, -0.25) is 14.9 Å². The number of carbonyl (C=O) groups excluding carboxylic acids is 3. The fourth-order valence-corrected chi connectivity index (χ4v) is 2.34. The van der Waals surface area contributed by atoms with E-state index in [0.717, 1.165) is 30.9 Å². The summed E-state index contributed by atoms with van der Waals surface area (Å²) in [5, 5.41) is 11.0. The lowest BCUT2D eigenvalue weighted by atomic mass is 10.1. The Morgan fingerprint density at radius 1 is 1.04 bits per heavy atom. The molecule has 0 aliphatic carbocycles. The number of nitrogens with zero attached hydrogens (tertiary/aromatic N) is 2. The summed E-state index contributed by atoms with van der Waals surface area (Å²) in [5.74, 6) is -2.25.